The van der Waals surface area contributed by atoms with Gasteiger partial charge in [-0.15, -0.1) is 10.2 Å². The molecule has 174 valence electrons. The molecule has 0 aromatic carbocycles. The number of likely N-dealkylation sites (tertiary alicyclic amines) is 1. The first-order chi connectivity index (χ1) is 15.8. The van der Waals surface area contributed by atoms with Crippen LogP contribution in [0.25, 0.3) is 27.9 Å². The Balaban J connectivity index is 1.54. The normalized spacial score (nSPS) is 18.9. The van der Waals surface area contributed by atoms with Gasteiger partial charge >= 0.3 is 0 Å². The summed E-state index contributed by atoms with van der Waals surface area (Å²) in [6, 6.07) is 4.73. The Morgan fingerprint density at radius 3 is 2.73 bits per heavy atom. The first kappa shape index (κ1) is 21.4. The third kappa shape index (κ3) is 3.73. The molecule has 1 fully saturated rings. The van der Waals surface area contributed by atoms with Gasteiger partial charge in [0.15, 0.2) is 11.5 Å². The van der Waals surface area contributed by atoms with Crippen LogP contribution in [0.5, 0.6) is 0 Å². The minimum Gasteiger partial charge on any atom is -0.371 e. The molecule has 0 amide bonds. The monoisotopic (exact) mass is 456 g/mol. The lowest BCUT2D eigenvalue weighted by atomic mass is 10.0. The molecule has 1 atom stereocenters. The van der Waals surface area contributed by atoms with Crippen LogP contribution >= 0.6 is 0 Å². The number of hydrogen-bond acceptors (Lipinski definition) is 8. The third-order valence-corrected chi connectivity index (χ3v) is 5.93. The number of alkyl halides is 2. The Morgan fingerprint density at radius 2 is 2.00 bits per heavy atom. The predicted molar refractivity (Wildman–Crippen MR) is 122 cm³/mol. The van der Waals surface area contributed by atoms with E-state index in [9.17, 15) is 8.78 Å². The Morgan fingerprint density at radius 1 is 1.18 bits per heavy atom. The maximum Gasteiger partial charge on any atom is 0.280 e. The lowest BCUT2D eigenvalue weighted by Crippen LogP contribution is -2.53. The van der Waals surface area contributed by atoms with Gasteiger partial charge < -0.3 is 15.5 Å². The van der Waals surface area contributed by atoms with E-state index in [1.54, 1.807) is 34.4 Å². The van der Waals surface area contributed by atoms with Crippen LogP contribution in [0.15, 0.2) is 24.4 Å². The van der Waals surface area contributed by atoms with Crippen LogP contribution in [-0.4, -0.2) is 78.6 Å². The van der Waals surface area contributed by atoms with Crippen molar-refractivity contribution in [2.24, 2.45) is 0 Å². The fourth-order valence-corrected chi connectivity index (χ4v) is 4.23. The Kier molecular flexibility index (Phi) is 5.11. The molecule has 0 bridgehead atoms. The number of anilines is 2. The number of fused-ring (bicyclic) bond motifs is 2. The van der Waals surface area contributed by atoms with Crippen molar-refractivity contribution in [1.29, 1.82) is 0 Å². The lowest BCUT2D eigenvalue weighted by molar-refractivity contribution is -0.0675. The number of hydrogen-bond donors (Lipinski definition) is 2. The zero-order valence-electron chi connectivity index (χ0n) is 18.9. The fraction of sp³-hybridized carbons (Fsp3) is 0.476. The molecule has 0 radical (unpaired) electrons. The van der Waals surface area contributed by atoms with E-state index in [1.165, 1.54) is 0 Å². The van der Waals surface area contributed by atoms with Gasteiger partial charge in [0.1, 0.15) is 11.0 Å². The average Bonchev–Trinajstić information content (AvgIpc) is 3.38. The Bertz CT molecular complexity index is 1310. The van der Waals surface area contributed by atoms with Crippen LogP contribution in [0.3, 0.4) is 0 Å². The van der Waals surface area contributed by atoms with Gasteiger partial charge in [-0.3, -0.25) is 0 Å². The summed E-state index contributed by atoms with van der Waals surface area (Å²) >= 11 is 0. The molecular weight excluding hydrogens is 430 g/mol. The van der Waals surface area contributed by atoms with Gasteiger partial charge in [0.2, 0.25) is 5.95 Å². The number of nitrogens with zero attached hydrogens (tertiary/aromatic N) is 8. The molecule has 1 aliphatic rings. The minimum atomic E-state index is -2.88. The molecule has 12 heteroatoms. The molecule has 2 N–H and O–H groups in total. The van der Waals surface area contributed by atoms with Gasteiger partial charge in [0.05, 0.1) is 24.3 Å². The second-order valence-corrected chi connectivity index (χ2v) is 8.71. The highest BCUT2D eigenvalue weighted by atomic mass is 19.3. The molecule has 1 aliphatic heterocycles. The summed E-state index contributed by atoms with van der Waals surface area (Å²) in [5.74, 6) is -2.21. The number of pyridine rings is 1. The van der Waals surface area contributed by atoms with E-state index in [2.05, 4.69) is 31.0 Å². The van der Waals surface area contributed by atoms with Crippen LogP contribution in [0.2, 0.25) is 0 Å². The van der Waals surface area contributed by atoms with Gasteiger partial charge in [-0.05, 0) is 45.5 Å². The molecule has 5 heterocycles. The first-order valence-electron chi connectivity index (χ1n) is 10.9. The minimum absolute atomic E-state index is 0.117. The molecule has 0 saturated carbocycles. The van der Waals surface area contributed by atoms with E-state index >= 15 is 0 Å². The maximum atomic E-state index is 14.5. The van der Waals surface area contributed by atoms with E-state index in [0.29, 0.717) is 35.5 Å². The number of halogens is 2. The summed E-state index contributed by atoms with van der Waals surface area (Å²) in [6.45, 7) is 4.32. The van der Waals surface area contributed by atoms with Crippen molar-refractivity contribution in [2.75, 3.05) is 37.8 Å². The van der Waals surface area contributed by atoms with Crippen LogP contribution < -0.4 is 10.6 Å². The van der Waals surface area contributed by atoms with Crippen LogP contribution in [0.1, 0.15) is 26.3 Å². The lowest BCUT2D eigenvalue weighted by Gasteiger charge is -2.36. The van der Waals surface area contributed by atoms with E-state index in [0.717, 1.165) is 11.3 Å². The molecule has 4 aromatic rings. The van der Waals surface area contributed by atoms with Crippen molar-refractivity contribution in [3.63, 3.8) is 0 Å². The zero-order valence-corrected chi connectivity index (χ0v) is 18.9. The quantitative estimate of drug-likeness (QED) is 0.473. The molecule has 4 aromatic heterocycles. The zero-order chi connectivity index (χ0) is 23.3. The van der Waals surface area contributed by atoms with Gasteiger partial charge in [-0.1, -0.05) is 5.21 Å². The van der Waals surface area contributed by atoms with Crippen LogP contribution in [-0.2, 0) is 0 Å². The van der Waals surface area contributed by atoms with Crippen LogP contribution in [0.4, 0.5) is 20.5 Å². The molecule has 1 saturated heterocycles. The predicted octanol–water partition coefficient (Wildman–Crippen LogP) is 2.91. The number of aromatic nitrogens is 7. The molecule has 33 heavy (non-hydrogen) atoms. The number of rotatable bonds is 5. The molecule has 0 spiro atoms. The van der Waals surface area contributed by atoms with Crippen molar-refractivity contribution in [3.8, 4) is 11.3 Å². The van der Waals surface area contributed by atoms with Crippen molar-refractivity contribution in [3.05, 3.63) is 24.4 Å². The maximum absolute atomic E-state index is 14.5. The van der Waals surface area contributed by atoms with Crippen LogP contribution in [0, 0.1) is 0 Å². The molecule has 0 aliphatic carbocycles. The van der Waals surface area contributed by atoms with Gasteiger partial charge in [0, 0.05) is 25.4 Å². The number of piperidine rings is 1. The molecule has 10 nitrogen and oxygen atoms in total. The summed E-state index contributed by atoms with van der Waals surface area (Å²) in [4.78, 5) is 10.9. The van der Waals surface area contributed by atoms with E-state index in [4.69, 9.17) is 4.98 Å². The Labute approximate surface area is 189 Å². The van der Waals surface area contributed by atoms with Crippen molar-refractivity contribution >= 4 is 28.4 Å². The SMILES string of the molecule is CNc1nc(N[C@@H]2CCN(C)CC2(F)F)nn2ccc(-c3ccc4nnn(C(C)C)c4n3)c12. The standard InChI is InChI=1S/C21H26F2N10/c1-12(2)33-19-15(28-30-33)6-5-14(25-19)13-7-10-32-17(13)18(24-3)27-20(29-32)26-16-8-9-31(4)11-21(16,22)23/h5-7,10,12,16H,8-9,11H2,1-4H3,(H2,24,26,27,29)/t16-/m1/s1. The summed E-state index contributed by atoms with van der Waals surface area (Å²) in [6.07, 6.45) is 2.08. The topological polar surface area (TPSA) is 101 Å². The third-order valence-electron chi connectivity index (χ3n) is 5.93. The summed E-state index contributed by atoms with van der Waals surface area (Å²) in [7, 11) is 3.43. The van der Waals surface area contributed by atoms with Gasteiger partial charge in [0.25, 0.3) is 5.92 Å². The highest BCUT2D eigenvalue weighted by Crippen LogP contribution is 2.32. The number of nitrogens with one attached hydrogen (secondary N) is 2. The van der Waals surface area contributed by atoms with Gasteiger partial charge in [-0.2, -0.15) is 4.98 Å². The molecule has 5 rings (SSSR count). The Hall–Kier alpha value is -3.41. The molecule has 0 unspecified atom stereocenters. The largest absolute Gasteiger partial charge is 0.371 e. The smallest absolute Gasteiger partial charge is 0.280 e. The van der Waals surface area contributed by atoms with Crippen molar-refractivity contribution in [2.45, 2.75) is 38.3 Å². The first-order valence-corrected chi connectivity index (χ1v) is 10.9. The van der Waals surface area contributed by atoms with Gasteiger partial charge in [-0.25, -0.2) is 23.0 Å². The molecular formula is C21H26F2N10. The van der Waals surface area contributed by atoms with E-state index in [-0.39, 0.29) is 18.5 Å². The highest BCUT2D eigenvalue weighted by Gasteiger charge is 2.44. The van der Waals surface area contributed by atoms with Crippen molar-refractivity contribution in [1.82, 2.24) is 39.5 Å². The highest BCUT2D eigenvalue weighted by molar-refractivity contribution is 5.89. The fourth-order valence-electron chi connectivity index (χ4n) is 4.23. The van der Waals surface area contributed by atoms with E-state index in [1.807, 2.05) is 32.0 Å². The second-order valence-electron chi connectivity index (χ2n) is 8.71. The summed E-state index contributed by atoms with van der Waals surface area (Å²) in [5.41, 5.74) is 3.64. The second kappa shape index (κ2) is 7.87. The van der Waals surface area contributed by atoms with Crippen molar-refractivity contribution < 1.29 is 8.78 Å². The van der Waals surface area contributed by atoms with E-state index < -0.39 is 12.0 Å². The summed E-state index contributed by atoms with van der Waals surface area (Å²) in [5, 5.41) is 18.7. The average molecular weight is 457 g/mol. The summed E-state index contributed by atoms with van der Waals surface area (Å²) < 4.78 is 32.4.